The Hall–Kier alpha value is -1.74. The molecule has 0 spiro atoms. The monoisotopic (exact) mass is 234 g/mol. The number of benzene rings is 1. The highest BCUT2D eigenvalue weighted by atomic mass is 35.5. The van der Waals surface area contributed by atoms with Crippen LogP contribution < -0.4 is 10.5 Å². The van der Waals surface area contributed by atoms with Gasteiger partial charge in [0, 0.05) is 23.0 Å². The van der Waals surface area contributed by atoms with Crippen molar-refractivity contribution < 1.29 is 4.74 Å². The number of halogens is 1. The molecular weight excluding hydrogens is 224 g/mol. The van der Waals surface area contributed by atoms with Gasteiger partial charge in [-0.2, -0.15) is 0 Å². The molecule has 82 valence electrons. The number of aryl methyl sites for hydroxylation is 1. The highest BCUT2D eigenvalue weighted by molar-refractivity contribution is 6.30. The Kier molecular flexibility index (Phi) is 2.97. The minimum Gasteiger partial charge on any atom is -0.455 e. The third-order valence-corrected chi connectivity index (χ3v) is 2.40. The Morgan fingerprint density at radius 3 is 2.75 bits per heavy atom. The van der Waals surface area contributed by atoms with E-state index in [0.29, 0.717) is 16.5 Å². The molecule has 0 amide bonds. The zero-order chi connectivity index (χ0) is 11.5. The summed E-state index contributed by atoms with van der Waals surface area (Å²) in [6, 6.07) is 6.94. The standard InChI is InChI=1S/C12H11ClN2O/c1-8-7-15-5-4-11(8)16-12-3-2-9(13)6-10(12)14/h2-7H,14H2,1H3. The SMILES string of the molecule is Cc1cnccc1Oc1ccc(Cl)cc1N. The van der Waals surface area contributed by atoms with Gasteiger partial charge in [-0.05, 0) is 31.2 Å². The van der Waals surface area contributed by atoms with Gasteiger partial charge in [0.15, 0.2) is 0 Å². The number of nitrogen functional groups attached to an aromatic ring is 1. The maximum absolute atomic E-state index is 5.81. The normalized spacial score (nSPS) is 10.1. The average Bonchev–Trinajstić information content (AvgIpc) is 2.25. The van der Waals surface area contributed by atoms with E-state index in [9.17, 15) is 0 Å². The van der Waals surface area contributed by atoms with Crippen LogP contribution in [0.3, 0.4) is 0 Å². The van der Waals surface area contributed by atoms with Crippen LogP contribution in [-0.2, 0) is 0 Å². The van der Waals surface area contributed by atoms with Gasteiger partial charge in [-0.3, -0.25) is 4.98 Å². The first-order valence-corrected chi connectivity index (χ1v) is 5.18. The molecule has 0 aliphatic carbocycles. The van der Waals surface area contributed by atoms with Crippen molar-refractivity contribution in [3.8, 4) is 11.5 Å². The van der Waals surface area contributed by atoms with E-state index in [4.69, 9.17) is 22.1 Å². The van der Waals surface area contributed by atoms with E-state index in [1.54, 1.807) is 36.7 Å². The van der Waals surface area contributed by atoms with Crippen LogP contribution in [0.15, 0.2) is 36.7 Å². The van der Waals surface area contributed by atoms with Crippen LogP contribution in [0.2, 0.25) is 5.02 Å². The first-order valence-electron chi connectivity index (χ1n) is 4.80. The van der Waals surface area contributed by atoms with Crippen molar-refractivity contribution in [2.24, 2.45) is 0 Å². The number of anilines is 1. The molecule has 0 aliphatic heterocycles. The first-order chi connectivity index (χ1) is 7.66. The zero-order valence-corrected chi connectivity index (χ0v) is 9.53. The molecule has 0 aliphatic rings. The predicted molar refractivity (Wildman–Crippen MR) is 64.9 cm³/mol. The molecule has 0 bridgehead atoms. The van der Waals surface area contributed by atoms with Crippen molar-refractivity contribution in [1.29, 1.82) is 0 Å². The summed E-state index contributed by atoms with van der Waals surface area (Å²) in [4.78, 5) is 3.99. The van der Waals surface area contributed by atoms with Gasteiger partial charge in [0.1, 0.15) is 11.5 Å². The lowest BCUT2D eigenvalue weighted by atomic mass is 10.2. The second-order valence-electron chi connectivity index (χ2n) is 3.43. The first kappa shape index (κ1) is 10.8. The number of hydrogen-bond acceptors (Lipinski definition) is 3. The quantitative estimate of drug-likeness (QED) is 0.810. The number of ether oxygens (including phenoxy) is 1. The van der Waals surface area contributed by atoms with Gasteiger partial charge in [-0.15, -0.1) is 0 Å². The summed E-state index contributed by atoms with van der Waals surface area (Å²) in [5, 5.41) is 0.594. The maximum Gasteiger partial charge on any atom is 0.150 e. The molecule has 0 atom stereocenters. The number of rotatable bonds is 2. The van der Waals surface area contributed by atoms with Gasteiger partial charge in [0.25, 0.3) is 0 Å². The van der Waals surface area contributed by atoms with Crippen molar-refractivity contribution >= 4 is 17.3 Å². The van der Waals surface area contributed by atoms with E-state index in [0.717, 1.165) is 11.3 Å². The Balaban J connectivity index is 2.31. The average molecular weight is 235 g/mol. The van der Waals surface area contributed by atoms with E-state index in [-0.39, 0.29) is 0 Å². The predicted octanol–water partition coefficient (Wildman–Crippen LogP) is 3.42. The van der Waals surface area contributed by atoms with Crippen LogP contribution >= 0.6 is 11.6 Å². The maximum atomic E-state index is 5.81. The summed E-state index contributed by atoms with van der Waals surface area (Å²) < 4.78 is 5.67. The fourth-order valence-electron chi connectivity index (χ4n) is 1.31. The molecular formula is C12H11ClN2O. The minimum absolute atomic E-state index is 0.517. The minimum atomic E-state index is 0.517. The molecule has 0 fully saturated rings. The second kappa shape index (κ2) is 4.41. The Morgan fingerprint density at radius 1 is 1.25 bits per heavy atom. The lowest BCUT2D eigenvalue weighted by molar-refractivity contribution is 0.480. The summed E-state index contributed by atoms with van der Waals surface area (Å²) in [6.45, 7) is 1.93. The molecule has 3 nitrogen and oxygen atoms in total. The van der Waals surface area contributed by atoms with E-state index in [2.05, 4.69) is 4.98 Å². The molecule has 4 heteroatoms. The molecule has 0 saturated heterocycles. The largest absolute Gasteiger partial charge is 0.455 e. The lowest BCUT2D eigenvalue weighted by Crippen LogP contribution is -1.93. The molecule has 1 aromatic carbocycles. The molecule has 16 heavy (non-hydrogen) atoms. The van der Waals surface area contributed by atoms with Crippen LogP contribution in [0.4, 0.5) is 5.69 Å². The summed E-state index contributed by atoms with van der Waals surface area (Å²) in [5.41, 5.74) is 7.27. The molecule has 0 radical (unpaired) electrons. The smallest absolute Gasteiger partial charge is 0.150 e. The second-order valence-corrected chi connectivity index (χ2v) is 3.86. The zero-order valence-electron chi connectivity index (χ0n) is 8.77. The summed E-state index contributed by atoms with van der Waals surface area (Å²) in [6.07, 6.45) is 3.41. The number of pyridine rings is 1. The van der Waals surface area contributed by atoms with Gasteiger partial charge >= 0.3 is 0 Å². The summed E-state index contributed by atoms with van der Waals surface area (Å²) in [5.74, 6) is 1.34. The highest BCUT2D eigenvalue weighted by Gasteiger charge is 2.04. The topological polar surface area (TPSA) is 48.1 Å². The number of nitrogens with two attached hydrogens (primary N) is 1. The molecule has 0 unspecified atom stereocenters. The van der Waals surface area contributed by atoms with E-state index in [1.807, 2.05) is 6.92 Å². The van der Waals surface area contributed by atoms with Crippen molar-refractivity contribution in [3.63, 3.8) is 0 Å². The van der Waals surface area contributed by atoms with Crippen LogP contribution in [0.5, 0.6) is 11.5 Å². The summed E-state index contributed by atoms with van der Waals surface area (Å²) >= 11 is 5.81. The van der Waals surface area contributed by atoms with E-state index >= 15 is 0 Å². The third-order valence-electron chi connectivity index (χ3n) is 2.16. The van der Waals surface area contributed by atoms with Gasteiger partial charge in [0.05, 0.1) is 5.69 Å². The van der Waals surface area contributed by atoms with Crippen molar-refractivity contribution in [3.05, 3.63) is 47.2 Å². The lowest BCUT2D eigenvalue weighted by Gasteiger charge is -2.10. The fraction of sp³-hybridized carbons (Fsp3) is 0.0833. The fourth-order valence-corrected chi connectivity index (χ4v) is 1.49. The number of nitrogens with zero attached hydrogens (tertiary/aromatic N) is 1. The van der Waals surface area contributed by atoms with Crippen LogP contribution in [-0.4, -0.2) is 4.98 Å². The van der Waals surface area contributed by atoms with Crippen LogP contribution in [0.25, 0.3) is 0 Å². The van der Waals surface area contributed by atoms with E-state index in [1.165, 1.54) is 0 Å². The molecule has 1 aromatic heterocycles. The Bertz CT molecular complexity index is 514. The van der Waals surface area contributed by atoms with Gasteiger partial charge in [0.2, 0.25) is 0 Å². The van der Waals surface area contributed by atoms with Gasteiger partial charge in [-0.1, -0.05) is 11.6 Å². The molecule has 2 aromatic rings. The summed E-state index contributed by atoms with van der Waals surface area (Å²) in [7, 11) is 0. The van der Waals surface area contributed by atoms with Crippen molar-refractivity contribution in [2.75, 3.05) is 5.73 Å². The Labute approximate surface area is 98.8 Å². The number of aromatic nitrogens is 1. The van der Waals surface area contributed by atoms with Crippen molar-refractivity contribution in [1.82, 2.24) is 4.98 Å². The van der Waals surface area contributed by atoms with Crippen LogP contribution in [0, 0.1) is 6.92 Å². The molecule has 1 heterocycles. The van der Waals surface area contributed by atoms with E-state index < -0.39 is 0 Å². The molecule has 2 rings (SSSR count). The highest BCUT2D eigenvalue weighted by Crippen LogP contribution is 2.30. The third kappa shape index (κ3) is 2.25. The van der Waals surface area contributed by atoms with Crippen LogP contribution in [0.1, 0.15) is 5.56 Å². The van der Waals surface area contributed by atoms with Gasteiger partial charge < -0.3 is 10.5 Å². The van der Waals surface area contributed by atoms with Gasteiger partial charge in [-0.25, -0.2) is 0 Å². The number of hydrogen-bond donors (Lipinski definition) is 1. The molecule has 0 saturated carbocycles. The Morgan fingerprint density at radius 2 is 2.06 bits per heavy atom. The van der Waals surface area contributed by atoms with Crippen molar-refractivity contribution in [2.45, 2.75) is 6.92 Å². The molecule has 2 N–H and O–H groups in total.